The van der Waals surface area contributed by atoms with E-state index in [1.165, 1.54) is 0 Å². The number of nitrogens with zero attached hydrogens (tertiary/aromatic N) is 1. The first-order valence-corrected chi connectivity index (χ1v) is 12.0. The van der Waals surface area contributed by atoms with E-state index < -0.39 is 6.04 Å². The predicted octanol–water partition coefficient (Wildman–Crippen LogP) is 4.06. The summed E-state index contributed by atoms with van der Waals surface area (Å²) in [6.45, 7) is 5.65. The van der Waals surface area contributed by atoms with Gasteiger partial charge >= 0.3 is 0 Å². The SMILES string of the molecule is COCCN1C(=O)C2=C(C(=O)C3CCCCC3O2)C1c1ccc(OCCC(C)C)c(OC)c1. The van der Waals surface area contributed by atoms with Crippen LogP contribution in [-0.4, -0.2) is 56.7 Å². The first-order chi connectivity index (χ1) is 16.0. The summed E-state index contributed by atoms with van der Waals surface area (Å²) >= 11 is 0. The number of Topliss-reactive ketones (excluding diaryl/α,β-unsaturated/α-hetero) is 1. The Hall–Kier alpha value is -2.54. The number of fused-ring (bicyclic) bond motifs is 1. The van der Waals surface area contributed by atoms with E-state index in [1.807, 2.05) is 18.2 Å². The fourth-order valence-corrected chi connectivity index (χ4v) is 5.04. The molecule has 0 saturated heterocycles. The van der Waals surface area contributed by atoms with Crippen LogP contribution >= 0.6 is 0 Å². The van der Waals surface area contributed by atoms with Crippen LogP contribution in [0.2, 0.25) is 0 Å². The van der Waals surface area contributed by atoms with Gasteiger partial charge in [0.05, 0.1) is 37.9 Å². The van der Waals surface area contributed by atoms with Gasteiger partial charge in [0.15, 0.2) is 23.0 Å². The molecule has 1 saturated carbocycles. The largest absolute Gasteiger partial charge is 0.493 e. The molecule has 3 atom stereocenters. The molecule has 1 aromatic carbocycles. The van der Waals surface area contributed by atoms with E-state index in [2.05, 4.69) is 13.8 Å². The van der Waals surface area contributed by atoms with Crippen LogP contribution in [0.5, 0.6) is 11.5 Å². The normalized spacial score (nSPS) is 24.6. The molecule has 7 nitrogen and oxygen atoms in total. The molecule has 0 bridgehead atoms. The van der Waals surface area contributed by atoms with Crippen LogP contribution in [0.25, 0.3) is 0 Å². The monoisotopic (exact) mass is 457 g/mol. The lowest BCUT2D eigenvalue weighted by molar-refractivity contribution is -0.135. The minimum Gasteiger partial charge on any atom is -0.493 e. The molecular formula is C26H35NO6. The molecule has 33 heavy (non-hydrogen) atoms. The minimum atomic E-state index is -0.517. The molecule has 4 rings (SSSR count). The molecule has 0 spiro atoms. The molecule has 3 unspecified atom stereocenters. The average molecular weight is 458 g/mol. The van der Waals surface area contributed by atoms with E-state index in [4.69, 9.17) is 18.9 Å². The number of ketones is 1. The maximum absolute atomic E-state index is 13.6. The van der Waals surface area contributed by atoms with E-state index in [-0.39, 0.29) is 29.5 Å². The van der Waals surface area contributed by atoms with Crippen molar-refractivity contribution in [1.82, 2.24) is 4.90 Å². The standard InChI is InChI=1S/C26H35NO6/c1-16(2)11-13-32-20-10-9-17(15-21(20)31-4)23-22-24(28)18-7-5-6-8-19(18)33-25(22)26(29)27(23)12-14-30-3/h9-10,15-16,18-19,23H,5-8,11-14H2,1-4H3. The van der Waals surface area contributed by atoms with Crippen molar-refractivity contribution in [1.29, 1.82) is 0 Å². The Bertz CT molecular complexity index is 923. The number of hydrogen-bond donors (Lipinski definition) is 0. The zero-order valence-electron chi connectivity index (χ0n) is 20.1. The average Bonchev–Trinajstić information content (AvgIpc) is 3.09. The number of benzene rings is 1. The van der Waals surface area contributed by atoms with Crippen molar-refractivity contribution in [2.24, 2.45) is 11.8 Å². The van der Waals surface area contributed by atoms with Gasteiger partial charge in [0.2, 0.25) is 0 Å². The van der Waals surface area contributed by atoms with E-state index in [0.29, 0.717) is 42.7 Å². The van der Waals surface area contributed by atoms with Gasteiger partial charge in [0, 0.05) is 13.7 Å². The Balaban J connectivity index is 1.69. The number of ether oxygens (including phenoxy) is 4. The minimum absolute atomic E-state index is 0.0513. The van der Waals surface area contributed by atoms with Gasteiger partial charge in [0.1, 0.15) is 6.10 Å². The Labute approximate surface area is 196 Å². The Kier molecular flexibility index (Phi) is 7.27. The van der Waals surface area contributed by atoms with Crippen LogP contribution in [0.4, 0.5) is 0 Å². The molecule has 1 aliphatic carbocycles. The fraction of sp³-hybridized carbons (Fsp3) is 0.615. The number of rotatable bonds is 9. The Morgan fingerprint density at radius 2 is 1.88 bits per heavy atom. The molecule has 0 N–H and O–H groups in total. The Morgan fingerprint density at radius 3 is 2.61 bits per heavy atom. The van der Waals surface area contributed by atoms with Gasteiger partial charge in [-0.25, -0.2) is 0 Å². The topological polar surface area (TPSA) is 74.3 Å². The molecule has 2 aliphatic heterocycles. The van der Waals surface area contributed by atoms with Crippen molar-refractivity contribution in [3.8, 4) is 11.5 Å². The van der Waals surface area contributed by atoms with E-state index in [9.17, 15) is 9.59 Å². The molecule has 1 aromatic rings. The Morgan fingerprint density at radius 1 is 1.09 bits per heavy atom. The van der Waals surface area contributed by atoms with Crippen LogP contribution in [0.3, 0.4) is 0 Å². The van der Waals surface area contributed by atoms with Crippen LogP contribution < -0.4 is 9.47 Å². The molecule has 2 heterocycles. The third kappa shape index (κ3) is 4.60. The van der Waals surface area contributed by atoms with Crippen molar-refractivity contribution < 1.29 is 28.5 Å². The summed E-state index contributed by atoms with van der Waals surface area (Å²) in [5.41, 5.74) is 1.29. The number of carbonyl (C=O) groups excluding carboxylic acids is 2. The third-order valence-corrected chi connectivity index (χ3v) is 6.85. The zero-order valence-corrected chi connectivity index (χ0v) is 20.1. The molecule has 7 heteroatoms. The number of methoxy groups -OCH3 is 2. The summed E-state index contributed by atoms with van der Waals surface area (Å²) in [7, 11) is 3.20. The highest BCUT2D eigenvalue weighted by Gasteiger charge is 2.51. The quantitative estimate of drug-likeness (QED) is 0.557. The lowest BCUT2D eigenvalue weighted by Crippen LogP contribution is -2.39. The third-order valence-electron chi connectivity index (χ3n) is 6.85. The smallest absolute Gasteiger partial charge is 0.290 e. The van der Waals surface area contributed by atoms with Gasteiger partial charge in [-0.3, -0.25) is 9.59 Å². The molecule has 1 amide bonds. The summed E-state index contributed by atoms with van der Waals surface area (Å²) in [5, 5.41) is 0. The highest BCUT2D eigenvalue weighted by Crippen LogP contribution is 2.47. The maximum Gasteiger partial charge on any atom is 0.290 e. The van der Waals surface area contributed by atoms with Gasteiger partial charge in [-0.15, -0.1) is 0 Å². The summed E-state index contributed by atoms with van der Waals surface area (Å²) in [6.07, 6.45) is 4.42. The molecule has 0 radical (unpaired) electrons. The van der Waals surface area contributed by atoms with Crippen molar-refractivity contribution in [3.05, 3.63) is 35.1 Å². The second kappa shape index (κ2) is 10.2. The summed E-state index contributed by atoms with van der Waals surface area (Å²) in [4.78, 5) is 28.7. The first-order valence-electron chi connectivity index (χ1n) is 12.0. The predicted molar refractivity (Wildman–Crippen MR) is 123 cm³/mol. The summed E-state index contributed by atoms with van der Waals surface area (Å²) in [5.74, 6) is 1.65. The highest BCUT2D eigenvalue weighted by atomic mass is 16.5. The van der Waals surface area contributed by atoms with E-state index in [0.717, 1.165) is 37.7 Å². The summed E-state index contributed by atoms with van der Waals surface area (Å²) in [6, 6.07) is 5.14. The van der Waals surface area contributed by atoms with Crippen LogP contribution in [0, 0.1) is 11.8 Å². The van der Waals surface area contributed by atoms with Gasteiger partial charge in [-0.2, -0.15) is 0 Å². The zero-order chi connectivity index (χ0) is 23.5. The lowest BCUT2D eigenvalue weighted by atomic mass is 9.77. The van der Waals surface area contributed by atoms with E-state index >= 15 is 0 Å². The van der Waals surface area contributed by atoms with Crippen molar-refractivity contribution in [2.75, 3.05) is 34.0 Å². The molecular weight excluding hydrogens is 422 g/mol. The second-order valence-corrected chi connectivity index (χ2v) is 9.49. The maximum atomic E-state index is 13.6. The van der Waals surface area contributed by atoms with Crippen LogP contribution in [0.1, 0.15) is 57.6 Å². The second-order valence-electron chi connectivity index (χ2n) is 9.49. The van der Waals surface area contributed by atoms with Gasteiger partial charge in [-0.05, 0) is 49.3 Å². The van der Waals surface area contributed by atoms with Crippen molar-refractivity contribution in [3.63, 3.8) is 0 Å². The van der Waals surface area contributed by atoms with Gasteiger partial charge in [0.25, 0.3) is 5.91 Å². The first kappa shape index (κ1) is 23.6. The van der Waals surface area contributed by atoms with Crippen LogP contribution in [-0.2, 0) is 19.1 Å². The van der Waals surface area contributed by atoms with E-state index in [1.54, 1.807) is 19.1 Å². The molecule has 1 fully saturated rings. The van der Waals surface area contributed by atoms with Gasteiger partial charge in [-0.1, -0.05) is 26.3 Å². The number of amides is 1. The molecule has 3 aliphatic rings. The van der Waals surface area contributed by atoms with Crippen LogP contribution in [0.15, 0.2) is 29.5 Å². The highest BCUT2D eigenvalue weighted by molar-refractivity contribution is 6.11. The molecule has 180 valence electrons. The lowest BCUT2D eigenvalue weighted by Gasteiger charge is -2.35. The number of hydrogen-bond acceptors (Lipinski definition) is 6. The fourth-order valence-electron chi connectivity index (χ4n) is 5.04. The van der Waals surface area contributed by atoms with Gasteiger partial charge < -0.3 is 23.8 Å². The molecule has 0 aromatic heterocycles. The van der Waals surface area contributed by atoms with Crippen molar-refractivity contribution in [2.45, 2.75) is 58.1 Å². The number of carbonyl (C=O) groups is 2. The van der Waals surface area contributed by atoms with Crippen molar-refractivity contribution >= 4 is 11.7 Å². The summed E-state index contributed by atoms with van der Waals surface area (Å²) < 4.78 is 23.0.